The first-order valence-electron chi connectivity index (χ1n) is 5.59. The molecule has 0 unspecified atom stereocenters. The van der Waals surface area contributed by atoms with Crippen LogP contribution in [0.3, 0.4) is 0 Å². The van der Waals surface area contributed by atoms with Gasteiger partial charge >= 0.3 is 5.69 Å². The van der Waals surface area contributed by atoms with Gasteiger partial charge in [-0.2, -0.15) is 0 Å². The van der Waals surface area contributed by atoms with Crippen LogP contribution in [0.1, 0.15) is 23.5 Å². The number of hydrogen-bond acceptors (Lipinski definition) is 4. The van der Waals surface area contributed by atoms with E-state index in [0.29, 0.717) is 17.6 Å². The Labute approximate surface area is 98.5 Å². The molecule has 5 nitrogen and oxygen atoms in total. The molecule has 0 aromatic heterocycles. The number of methoxy groups -OCH3 is 2. The third-order valence-corrected chi connectivity index (χ3v) is 3.75. The van der Waals surface area contributed by atoms with Gasteiger partial charge in [0, 0.05) is 5.56 Å². The van der Waals surface area contributed by atoms with Gasteiger partial charge in [0.05, 0.1) is 19.1 Å². The Kier molecular flexibility index (Phi) is 2.05. The zero-order valence-corrected chi connectivity index (χ0v) is 9.73. The van der Waals surface area contributed by atoms with Crippen molar-refractivity contribution in [1.29, 1.82) is 0 Å². The highest BCUT2D eigenvalue weighted by Crippen LogP contribution is 2.60. The van der Waals surface area contributed by atoms with Crippen molar-refractivity contribution in [3.63, 3.8) is 0 Å². The van der Waals surface area contributed by atoms with Crippen LogP contribution in [0.5, 0.6) is 11.5 Å². The molecule has 0 radical (unpaired) electrons. The molecule has 5 heteroatoms. The molecule has 0 aliphatic heterocycles. The number of ether oxygens (including phenoxy) is 2. The molecule has 0 N–H and O–H groups in total. The SMILES string of the molecule is COc1cc2c(c([N+](=O)[O-])c1OC)C[C@H]1C[C@@H]21. The van der Waals surface area contributed by atoms with Crippen molar-refractivity contribution in [2.24, 2.45) is 5.92 Å². The van der Waals surface area contributed by atoms with Crippen LogP contribution in [-0.2, 0) is 6.42 Å². The number of nitro benzene ring substituents is 1. The fraction of sp³-hybridized carbons (Fsp3) is 0.500. The van der Waals surface area contributed by atoms with Crippen LogP contribution >= 0.6 is 0 Å². The summed E-state index contributed by atoms with van der Waals surface area (Å²) in [5, 5.41) is 11.2. The normalized spacial score (nSPS) is 23.9. The van der Waals surface area contributed by atoms with E-state index in [-0.39, 0.29) is 16.4 Å². The fourth-order valence-corrected chi connectivity index (χ4v) is 2.89. The lowest BCUT2D eigenvalue weighted by Gasteiger charge is -2.12. The smallest absolute Gasteiger partial charge is 0.318 e. The Balaban J connectivity index is 2.25. The first kappa shape index (κ1) is 10.4. The first-order chi connectivity index (χ1) is 8.17. The van der Waals surface area contributed by atoms with Gasteiger partial charge in [0.2, 0.25) is 5.75 Å². The van der Waals surface area contributed by atoms with E-state index < -0.39 is 0 Å². The van der Waals surface area contributed by atoms with Crippen molar-refractivity contribution in [3.05, 3.63) is 27.3 Å². The molecular weight excluding hydrogens is 222 g/mol. The number of benzene rings is 1. The lowest BCUT2D eigenvalue weighted by molar-refractivity contribution is -0.386. The van der Waals surface area contributed by atoms with Crippen molar-refractivity contribution in [3.8, 4) is 11.5 Å². The maximum absolute atomic E-state index is 11.2. The highest BCUT2D eigenvalue weighted by Gasteiger charge is 2.49. The quantitative estimate of drug-likeness (QED) is 0.595. The summed E-state index contributed by atoms with van der Waals surface area (Å²) in [6.07, 6.45) is 1.95. The van der Waals surface area contributed by atoms with E-state index in [0.717, 1.165) is 24.0 Å². The summed E-state index contributed by atoms with van der Waals surface area (Å²) in [5.74, 6) is 1.81. The molecule has 0 bridgehead atoms. The maximum Gasteiger partial charge on any atom is 0.318 e. The number of rotatable bonds is 3. The van der Waals surface area contributed by atoms with Crippen LogP contribution < -0.4 is 9.47 Å². The Bertz CT molecular complexity index is 508. The van der Waals surface area contributed by atoms with Crippen LogP contribution in [0, 0.1) is 16.0 Å². The number of nitro groups is 1. The zero-order valence-electron chi connectivity index (χ0n) is 9.73. The third kappa shape index (κ3) is 1.31. The summed E-state index contributed by atoms with van der Waals surface area (Å²) in [6.45, 7) is 0. The van der Waals surface area contributed by atoms with Gasteiger partial charge in [-0.05, 0) is 36.3 Å². The topological polar surface area (TPSA) is 61.6 Å². The summed E-state index contributed by atoms with van der Waals surface area (Å²) in [4.78, 5) is 10.8. The van der Waals surface area contributed by atoms with Gasteiger partial charge in [0.1, 0.15) is 0 Å². The minimum absolute atomic E-state index is 0.0917. The standard InChI is InChI=1S/C12H13NO4/c1-16-10-5-8-7-3-6(7)4-9(8)11(13(14)15)12(10)17-2/h5-7H,3-4H2,1-2H3/t6-,7-/m1/s1. The molecular formula is C12H13NO4. The van der Waals surface area contributed by atoms with Crippen molar-refractivity contribution >= 4 is 5.69 Å². The van der Waals surface area contributed by atoms with E-state index >= 15 is 0 Å². The predicted octanol–water partition coefficient (Wildman–Crippen LogP) is 2.27. The minimum Gasteiger partial charge on any atom is -0.493 e. The highest BCUT2D eigenvalue weighted by molar-refractivity contribution is 5.67. The van der Waals surface area contributed by atoms with Gasteiger partial charge in [-0.1, -0.05) is 0 Å². The van der Waals surface area contributed by atoms with Gasteiger partial charge in [0.15, 0.2) is 5.75 Å². The van der Waals surface area contributed by atoms with Crippen LogP contribution in [0.4, 0.5) is 5.69 Å². The molecule has 0 saturated heterocycles. The highest BCUT2D eigenvalue weighted by atomic mass is 16.6. The maximum atomic E-state index is 11.2. The molecule has 2 aliphatic rings. The Hall–Kier alpha value is -1.78. The minimum atomic E-state index is -0.356. The second kappa shape index (κ2) is 3.35. The molecule has 0 amide bonds. The van der Waals surface area contributed by atoms with Gasteiger partial charge < -0.3 is 9.47 Å². The molecule has 2 atom stereocenters. The van der Waals surface area contributed by atoms with E-state index in [9.17, 15) is 10.1 Å². The average Bonchev–Trinajstić information content (AvgIpc) is 2.99. The molecule has 1 aromatic rings. The second-order valence-corrected chi connectivity index (χ2v) is 4.59. The van der Waals surface area contributed by atoms with Gasteiger partial charge in [-0.15, -0.1) is 0 Å². The van der Waals surface area contributed by atoms with E-state index in [2.05, 4.69) is 0 Å². The molecule has 3 rings (SSSR count). The molecule has 90 valence electrons. The summed E-state index contributed by atoms with van der Waals surface area (Å²) >= 11 is 0. The van der Waals surface area contributed by atoms with Gasteiger partial charge in [-0.25, -0.2) is 0 Å². The monoisotopic (exact) mass is 235 g/mol. The largest absolute Gasteiger partial charge is 0.493 e. The van der Waals surface area contributed by atoms with E-state index in [4.69, 9.17) is 9.47 Å². The summed E-state index contributed by atoms with van der Waals surface area (Å²) in [6, 6.07) is 1.90. The van der Waals surface area contributed by atoms with Crippen LogP contribution in [-0.4, -0.2) is 19.1 Å². The average molecular weight is 235 g/mol. The van der Waals surface area contributed by atoms with Crippen molar-refractivity contribution in [1.82, 2.24) is 0 Å². The van der Waals surface area contributed by atoms with Gasteiger partial charge in [-0.3, -0.25) is 10.1 Å². The predicted molar refractivity (Wildman–Crippen MR) is 60.8 cm³/mol. The fourth-order valence-electron chi connectivity index (χ4n) is 2.89. The number of hydrogen-bond donors (Lipinski definition) is 0. The lowest BCUT2D eigenvalue weighted by atomic mass is 10.0. The van der Waals surface area contributed by atoms with Crippen molar-refractivity contribution in [2.75, 3.05) is 14.2 Å². The third-order valence-electron chi connectivity index (χ3n) is 3.75. The van der Waals surface area contributed by atoms with E-state index in [1.807, 2.05) is 6.07 Å². The second-order valence-electron chi connectivity index (χ2n) is 4.59. The molecule has 0 spiro atoms. The molecule has 2 aliphatic carbocycles. The lowest BCUT2D eigenvalue weighted by Crippen LogP contribution is -2.02. The van der Waals surface area contributed by atoms with Crippen LogP contribution in [0.15, 0.2) is 6.07 Å². The summed E-state index contributed by atoms with van der Waals surface area (Å²) < 4.78 is 10.3. The Morgan fingerprint density at radius 2 is 2.18 bits per heavy atom. The van der Waals surface area contributed by atoms with Gasteiger partial charge in [0.25, 0.3) is 0 Å². The molecule has 1 fully saturated rings. The Morgan fingerprint density at radius 1 is 1.41 bits per heavy atom. The molecule has 0 heterocycles. The van der Waals surface area contributed by atoms with Crippen LogP contribution in [0.25, 0.3) is 0 Å². The Morgan fingerprint density at radius 3 is 2.76 bits per heavy atom. The summed E-state index contributed by atoms with van der Waals surface area (Å²) in [7, 11) is 2.94. The van der Waals surface area contributed by atoms with Crippen LogP contribution in [0.2, 0.25) is 0 Å². The zero-order chi connectivity index (χ0) is 12.2. The molecule has 1 aromatic carbocycles. The number of nitrogens with zero attached hydrogens (tertiary/aromatic N) is 1. The molecule has 17 heavy (non-hydrogen) atoms. The van der Waals surface area contributed by atoms with Crippen molar-refractivity contribution in [2.45, 2.75) is 18.8 Å². The summed E-state index contributed by atoms with van der Waals surface area (Å²) in [5.41, 5.74) is 2.02. The van der Waals surface area contributed by atoms with E-state index in [1.165, 1.54) is 14.2 Å². The molecule has 1 saturated carbocycles. The number of fused-ring (bicyclic) bond motifs is 3. The van der Waals surface area contributed by atoms with E-state index in [1.54, 1.807) is 0 Å². The first-order valence-corrected chi connectivity index (χ1v) is 5.59. The van der Waals surface area contributed by atoms with Crippen molar-refractivity contribution < 1.29 is 14.4 Å².